The maximum absolute atomic E-state index is 2.38. The molecule has 0 saturated carbocycles. The Kier molecular flexibility index (Phi) is 8.83. The highest BCUT2D eigenvalue weighted by atomic mass is 15.1. The van der Waals surface area contributed by atoms with Gasteiger partial charge in [0.1, 0.15) is 0 Å². The monoisotopic (exact) mass is 803 g/mol. The zero-order valence-electron chi connectivity index (χ0n) is 34.5. The molecular weight excluding hydrogens is 763 g/mol. The number of benzene rings is 10. The molecule has 12 aromatic rings. The minimum absolute atomic E-state index is 1.10. The minimum atomic E-state index is 1.10. The Morgan fingerprint density at radius 1 is 0.222 bits per heavy atom. The Morgan fingerprint density at radius 2 is 0.619 bits per heavy atom. The average molecular weight is 804 g/mol. The average Bonchev–Trinajstić information content (AvgIpc) is 3.88. The van der Waals surface area contributed by atoms with Gasteiger partial charge in [0.2, 0.25) is 0 Å². The van der Waals surface area contributed by atoms with Gasteiger partial charge in [-0.15, -0.1) is 0 Å². The molecule has 0 spiro atoms. The molecule has 0 aliphatic heterocycles. The Hall–Kier alpha value is -8.40. The van der Waals surface area contributed by atoms with E-state index in [0.717, 1.165) is 22.7 Å². The largest absolute Gasteiger partial charge is 0.311 e. The van der Waals surface area contributed by atoms with Crippen LogP contribution in [0.2, 0.25) is 0 Å². The third-order valence-corrected chi connectivity index (χ3v) is 12.5. The van der Waals surface area contributed by atoms with E-state index >= 15 is 0 Å². The van der Waals surface area contributed by atoms with Crippen LogP contribution in [0.5, 0.6) is 0 Å². The number of hydrogen-bond donors (Lipinski definition) is 0. The molecule has 63 heavy (non-hydrogen) atoms. The third kappa shape index (κ3) is 6.38. The van der Waals surface area contributed by atoms with Crippen LogP contribution in [0, 0.1) is 0 Å². The maximum atomic E-state index is 2.38. The van der Waals surface area contributed by atoms with E-state index in [1.54, 1.807) is 0 Å². The highest BCUT2D eigenvalue weighted by Gasteiger charge is 2.17. The van der Waals surface area contributed by atoms with E-state index in [0.29, 0.717) is 0 Å². The lowest BCUT2D eigenvalue weighted by Crippen LogP contribution is -2.09. The van der Waals surface area contributed by atoms with Crippen molar-refractivity contribution in [1.82, 2.24) is 9.13 Å². The first-order valence-corrected chi connectivity index (χ1v) is 21.6. The van der Waals surface area contributed by atoms with Gasteiger partial charge in [0.15, 0.2) is 0 Å². The van der Waals surface area contributed by atoms with Gasteiger partial charge in [-0.25, -0.2) is 0 Å². The zero-order chi connectivity index (χ0) is 41.7. The van der Waals surface area contributed by atoms with Crippen LogP contribution in [-0.2, 0) is 0 Å². The third-order valence-electron chi connectivity index (χ3n) is 12.5. The molecule has 0 saturated heterocycles. The van der Waals surface area contributed by atoms with E-state index in [9.17, 15) is 0 Å². The second-order valence-electron chi connectivity index (χ2n) is 16.2. The second-order valence-corrected chi connectivity index (χ2v) is 16.2. The molecule has 0 amide bonds. The Labute approximate surface area is 366 Å². The topological polar surface area (TPSA) is 13.1 Å². The fourth-order valence-electron chi connectivity index (χ4n) is 9.52. The van der Waals surface area contributed by atoms with Crippen molar-refractivity contribution in [2.75, 3.05) is 4.90 Å². The van der Waals surface area contributed by atoms with Crippen LogP contribution in [0.15, 0.2) is 249 Å². The molecule has 0 aliphatic rings. The van der Waals surface area contributed by atoms with Crippen LogP contribution < -0.4 is 4.90 Å². The molecule has 10 aromatic carbocycles. The van der Waals surface area contributed by atoms with Gasteiger partial charge in [-0.3, -0.25) is 0 Å². The summed E-state index contributed by atoms with van der Waals surface area (Å²) in [7, 11) is 0. The van der Waals surface area contributed by atoms with Crippen molar-refractivity contribution in [3.63, 3.8) is 0 Å². The lowest BCUT2D eigenvalue weighted by Gasteiger charge is -2.26. The molecule has 3 nitrogen and oxygen atoms in total. The van der Waals surface area contributed by atoms with E-state index in [1.165, 1.54) is 82.7 Å². The fraction of sp³-hybridized carbons (Fsp3) is 0. The predicted octanol–water partition coefficient (Wildman–Crippen LogP) is 16.4. The van der Waals surface area contributed by atoms with Crippen LogP contribution >= 0.6 is 0 Å². The van der Waals surface area contributed by atoms with E-state index in [4.69, 9.17) is 0 Å². The van der Waals surface area contributed by atoms with Gasteiger partial charge < -0.3 is 14.0 Å². The second kappa shape index (κ2) is 15.3. The first-order chi connectivity index (χ1) is 31.2. The molecule has 0 radical (unpaired) electrons. The molecule has 0 atom stereocenters. The summed E-state index contributed by atoms with van der Waals surface area (Å²) in [4.78, 5) is 2.34. The smallest absolute Gasteiger partial charge is 0.0547 e. The van der Waals surface area contributed by atoms with Crippen LogP contribution in [0.1, 0.15) is 0 Å². The summed E-state index contributed by atoms with van der Waals surface area (Å²) >= 11 is 0. The maximum Gasteiger partial charge on any atom is 0.0547 e. The quantitative estimate of drug-likeness (QED) is 0.149. The van der Waals surface area contributed by atoms with Crippen LogP contribution in [-0.4, -0.2) is 9.13 Å². The van der Waals surface area contributed by atoms with Crippen molar-refractivity contribution in [3.8, 4) is 44.8 Å². The van der Waals surface area contributed by atoms with Gasteiger partial charge in [-0.2, -0.15) is 0 Å². The van der Waals surface area contributed by atoms with Crippen molar-refractivity contribution in [2.45, 2.75) is 0 Å². The van der Waals surface area contributed by atoms with Crippen molar-refractivity contribution < 1.29 is 0 Å². The van der Waals surface area contributed by atoms with Crippen molar-refractivity contribution in [2.24, 2.45) is 0 Å². The van der Waals surface area contributed by atoms with Gasteiger partial charge in [-0.1, -0.05) is 152 Å². The lowest BCUT2D eigenvalue weighted by atomic mass is 9.98. The number of rotatable bonds is 8. The molecule has 2 heterocycles. The van der Waals surface area contributed by atoms with Crippen molar-refractivity contribution in [3.05, 3.63) is 249 Å². The minimum Gasteiger partial charge on any atom is -0.311 e. The fourth-order valence-corrected chi connectivity index (χ4v) is 9.52. The van der Waals surface area contributed by atoms with E-state index in [2.05, 4.69) is 263 Å². The van der Waals surface area contributed by atoms with Gasteiger partial charge in [0.05, 0.1) is 22.1 Å². The number of anilines is 3. The van der Waals surface area contributed by atoms with Crippen molar-refractivity contribution in [1.29, 1.82) is 0 Å². The van der Waals surface area contributed by atoms with E-state index in [1.807, 2.05) is 0 Å². The van der Waals surface area contributed by atoms with Crippen LogP contribution in [0.4, 0.5) is 17.1 Å². The molecule has 0 fully saturated rings. The summed E-state index contributed by atoms with van der Waals surface area (Å²) in [6.07, 6.45) is 0. The van der Waals surface area contributed by atoms with E-state index < -0.39 is 0 Å². The number of hydrogen-bond acceptors (Lipinski definition) is 1. The molecule has 0 bridgehead atoms. The zero-order valence-corrected chi connectivity index (χ0v) is 34.5. The molecule has 12 rings (SSSR count). The normalized spacial score (nSPS) is 11.5. The Balaban J connectivity index is 0.868. The number of para-hydroxylation sites is 5. The SMILES string of the molecule is c1ccc(N(c2ccc(-c3cccc(-c4ccc5c6ccccc6n(-c6ccccc6)c5c4)c3)cc2)c2ccc(-c3ccc4c(c3)c3ccccc3n4-c3ccccc3)cc2)cc1. The molecule has 296 valence electrons. The van der Waals surface area contributed by atoms with Crippen molar-refractivity contribution >= 4 is 60.7 Å². The highest BCUT2D eigenvalue weighted by molar-refractivity contribution is 6.11. The van der Waals surface area contributed by atoms with Crippen LogP contribution in [0.3, 0.4) is 0 Å². The first kappa shape index (κ1) is 36.5. The summed E-state index contributed by atoms with van der Waals surface area (Å²) in [6.45, 7) is 0. The summed E-state index contributed by atoms with van der Waals surface area (Å²) in [6, 6.07) is 90.0. The molecule has 0 N–H and O–H groups in total. The lowest BCUT2D eigenvalue weighted by molar-refractivity contribution is 1.18. The van der Waals surface area contributed by atoms with Gasteiger partial charge in [0, 0.05) is 50.0 Å². The number of fused-ring (bicyclic) bond motifs is 6. The summed E-state index contributed by atoms with van der Waals surface area (Å²) in [5.41, 5.74) is 17.6. The summed E-state index contributed by atoms with van der Waals surface area (Å²) in [5, 5.41) is 5.02. The van der Waals surface area contributed by atoms with Gasteiger partial charge in [0.25, 0.3) is 0 Å². The van der Waals surface area contributed by atoms with Gasteiger partial charge >= 0.3 is 0 Å². The van der Waals surface area contributed by atoms with Gasteiger partial charge in [-0.05, 0) is 130 Å². The number of nitrogens with zero attached hydrogens (tertiary/aromatic N) is 3. The molecular formula is C60H41N3. The van der Waals surface area contributed by atoms with Crippen LogP contribution in [0.25, 0.3) is 88.4 Å². The summed E-state index contributed by atoms with van der Waals surface area (Å²) < 4.78 is 4.75. The molecule has 2 aromatic heterocycles. The summed E-state index contributed by atoms with van der Waals surface area (Å²) in [5.74, 6) is 0. The highest BCUT2D eigenvalue weighted by Crippen LogP contribution is 2.40. The molecule has 3 heteroatoms. The number of aromatic nitrogens is 2. The Bertz CT molecular complexity index is 3580. The molecule has 0 unspecified atom stereocenters. The molecule has 0 aliphatic carbocycles. The Morgan fingerprint density at radius 3 is 1.22 bits per heavy atom. The first-order valence-electron chi connectivity index (χ1n) is 21.6. The van der Waals surface area contributed by atoms with E-state index in [-0.39, 0.29) is 0 Å². The standard InChI is InChI=1S/C60H41N3/c1-4-17-48(18-5-1)61(52-35-29-43(30-36-52)46-32-38-59-56(40-46)54-24-11-13-26-58(54)62(59)49-19-6-2-7-20-49)51-33-27-42(28-34-51)44-15-14-16-45(39-44)47-31-37-55-53-23-10-12-25-57(53)63(60(55)41-47)50-21-8-3-9-22-50/h1-41H. The predicted molar refractivity (Wildman–Crippen MR) is 266 cm³/mol.